The van der Waals surface area contributed by atoms with E-state index in [-0.39, 0.29) is 5.75 Å². The molecule has 3 aromatic rings. The van der Waals surface area contributed by atoms with Crippen LogP contribution in [0, 0.1) is 13.8 Å². The van der Waals surface area contributed by atoms with Crippen molar-refractivity contribution in [3.8, 4) is 5.69 Å². The molecule has 2 aromatic carbocycles. The fraction of sp³-hybridized carbons (Fsp3) is 0.211. The van der Waals surface area contributed by atoms with Gasteiger partial charge in [-0.05, 0) is 37.1 Å². The summed E-state index contributed by atoms with van der Waals surface area (Å²) in [6.07, 6.45) is 0. The Balaban J connectivity index is 1.90. The Morgan fingerprint density at radius 3 is 2.42 bits per heavy atom. The molecule has 0 bridgehead atoms. The number of carbonyl (C=O) groups is 1. The molecule has 1 heterocycles. The average Bonchev–Trinajstić information content (AvgIpc) is 3.03. The van der Waals surface area contributed by atoms with Gasteiger partial charge >= 0.3 is 5.97 Å². The molecule has 0 aliphatic rings. The fourth-order valence-electron chi connectivity index (χ4n) is 2.73. The lowest BCUT2D eigenvalue weighted by Gasteiger charge is -2.14. The molecule has 6 nitrogen and oxygen atoms in total. The van der Waals surface area contributed by atoms with E-state index in [0.29, 0.717) is 11.7 Å². The quantitative estimate of drug-likeness (QED) is 0.620. The molecule has 3 rings (SSSR count). The minimum Gasteiger partial charge on any atom is -0.481 e. The van der Waals surface area contributed by atoms with Gasteiger partial charge in [0.2, 0.25) is 0 Å². The zero-order valence-electron chi connectivity index (χ0n) is 14.6. The van der Waals surface area contributed by atoms with Crippen LogP contribution in [0.2, 0.25) is 0 Å². The molecule has 0 aliphatic carbocycles. The number of aromatic nitrogens is 3. The average molecular weight is 368 g/mol. The number of aryl methyl sites for hydroxylation is 2. The van der Waals surface area contributed by atoms with Gasteiger partial charge < -0.3 is 10.4 Å². The largest absolute Gasteiger partial charge is 0.481 e. The number of carboxylic acids is 1. The Kier molecular flexibility index (Phi) is 5.58. The highest BCUT2D eigenvalue weighted by molar-refractivity contribution is 7.99. The number of nitrogens with zero attached hydrogens (tertiary/aromatic N) is 3. The zero-order valence-corrected chi connectivity index (χ0v) is 15.5. The van der Waals surface area contributed by atoms with Crippen molar-refractivity contribution in [3.63, 3.8) is 0 Å². The summed E-state index contributed by atoms with van der Waals surface area (Å²) in [6.45, 7) is 4.61. The Bertz CT molecular complexity index is 889. The van der Waals surface area contributed by atoms with Gasteiger partial charge in [0, 0.05) is 11.4 Å². The number of hydrogen-bond donors (Lipinski definition) is 2. The molecule has 0 atom stereocenters. The molecule has 1 aromatic heterocycles. The molecule has 0 unspecified atom stereocenters. The maximum Gasteiger partial charge on any atom is 0.313 e. The highest BCUT2D eigenvalue weighted by Crippen LogP contribution is 2.24. The second-order valence-electron chi connectivity index (χ2n) is 5.87. The molecular formula is C19H20N4O2S. The minimum atomic E-state index is -0.882. The molecule has 134 valence electrons. The van der Waals surface area contributed by atoms with Crippen LogP contribution in [0.25, 0.3) is 5.69 Å². The van der Waals surface area contributed by atoms with Crippen LogP contribution in [0.15, 0.2) is 53.7 Å². The van der Waals surface area contributed by atoms with Crippen LogP contribution in [0.3, 0.4) is 0 Å². The first-order valence-corrected chi connectivity index (χ1v) is 9.19. The van der Waals surface area contributed by atoms with Gasteiger partial charge in [0.15, 0.2) is 11.0 Å². The lowest BCUT2D eigenvalue weighted by Crippen LogP contribution is -2.10. The molecule has 0 radical (unpaired) electrons. The van der Waals surface area contributed by atoms with E-state index in [1.54, 1.807) is 0 Å². The third kappa shape index (κ3) is 4.05. The lowest BCUT2D eigenvalue weighted by atomic mass is 10.1. The van der Waals surface area contributed by atoms with Crippen LogP contribution in [0.1, 0.15) is 17.0 Å². The SMILES string of the molecule is Cc1cccc(C)c1NCc1nnc(SCC(=O)O)n1-c1ccccc1. The number of benzene rings is 2. The van der Waals surface area contributed by atoms with E-state index >= 15 is 0 Å². The van der Waals surface area contributed by atoms with E-state index in [0.717, 1.165) is 40.1 Å². The second-order valence-corrected chi connectivity index (χ2v) is 6.82. The summed E-state index contributed by atoms with van der Waals surface area (Å²) in [5.74, 6) is -0.213. The van der Waals surface area contributed by atoms with Crippen LogP contribution in [-0.2, 0) is 11.3 Å². The summed E-state index contributed by atoms with van der Waals surface area (Å²) in [5.41, 5.74) is 4.31. The molecule has 0 aliphatic heterocycles. The standard InChI is InChI=1S/C19H20N4O2S/c1-13-7-6-8-14(2)18(13)20-11-16-21-22-19(26-12-17(24)25)23(16)15-9-4-3-5-10-15/h3-10,20H,11-12H2,1-2H3,(H,24,25). The first-order chi connectivity index (χ1) is 12.6. The van der Waals surface area contributed by atoms with Gasteiger partial charge in [-0.15, -0.1) is 10.2 Å². The van der Waals surface area contributed by atoms with Crippen molar-refractivity contribution in [2.75, 3.05) is 11.1 Å². The first-order valence-electron chi connectivity index (χ1n) is 8.20. The number of carboxylic acid groups (broad SMARTS) is 1. The third-order valence-corrected chi connectivity index (χ3v) is 4.86. The van der Waals surface area contributed by atoms with Crippen LogP contribution in [0.5, 0.6) is 0 Å². The number of aliphatic carboxylic acids is 1. The van der Waals surface area contributed by atoms with E-state index in [9.17, 15) is 4.79 Å². The molecule has 0 saturated carbocycles. The smallest absolute Gasteiger partial charge is 0.313 e. The lowest BCUT2D eigenvalue weighted by molar-refractivity contribution is -0.133. The summed E-state index contributed by atoms with van der Waals surface area (Å²) in [4.78, 5) is 10.9. The summed E-state index contributed by atoms with van der Waals surface area (Å²) < 4.78 is 1.90. The van der Waals surface area contributed by atoms with Crippen molar-refractivity contribution in [1.29, 1.82) is 0 Å². The predicted octanol–water partition coefficient (Wildman–Crippen LogP) is 3.67. The van der Waals surface area contributed by atoms with Crippen LogP contribution in [0.4, 0.5) is 5.69 Å². The van der Waals surface area contributed by atoms with Crippen molar-refractivity contribution >= 4 is 23.4 Å². The Hall–Kier alpha value is -2.80. The summed E-state index contributed by atoms with van der Waals surface area (Å²) in [5, 5.41) is 21.4. The van der Waals surface area contributed by atoms with Gasteiger partial charge in [0.1, 0.15) is 0 Å². The molecular weight excluding hydrogens is 348 g/mol. The zero-order chi connectivity index (χ0) is 18.5. The van der Waals surface area contributed by atoms with Crippen molar-refractivity contribution in [3.05, 3.63) is 65.5 Å². The summed E-state index contributed by atoms with van der Waals surface area (Å²) in [7, 11) is 0. The number of rotatable bonds is 7. The van der Waals surface area contributed by atoms with E-state index in [1.807, 2.05) is 41.0 Å². The van der Waals surface area contributed by atoms with Crippen molar-refractivity contribution in [2.24, 2.45) is 0 Å². The van der Waals surface area contributed by atoms with E-state index in [1.165, 1.54) is 0 Å². The number of anilines is 1. The maximum atomic E-state index is 10.9. The number of nitrogens with one attached hydrogen (secondary N) is 1. The highest BCUT2D eigenvalue weighted by Gasteiger charge is 2.16. The second kappa shape index (κ2) is 8.05. The highest BCUT2D eigenvalue weighted by atomic mass is 32.2. The number of para-hydroxylation sites is 2. The van der Waals surface area contributed by atoms with E-state index in [4.69, 9.17) is 5.11 Å². The third-order valence-electron chi connectivity index (χ3n) is 3.94. The first kappa shape index (κ1) is 18.0. The van der Waals surface area contributed by atoms with Gasteiger partial charge in [-0.2, -0.15) is 0 Å². The molecule has 26 heavy (non-hydrogen) atoms. The van der Waals surface area contributed by atoms with Gasteiger partial charge in [0.05, 0.1) is 12.3 Å². The maximum absolute atomic E-state index is 10.9. The van der Waals surface area contributed by atoms with E-state index < -0.39 is 5.97 Å². The fourth-order valence-corrected chi connectivity index (χ4v) is 3.42. The van der Waals surface area contributed by atoms with Crippen molar-refractivity contribution < 1.29 is 9.90 Å². The topological polar surface area (TPSA) is 80.0 Å². The molecule has 0 saturated heterocycles. The van der Waals surface area contributed by atoms with Crippen LogP contribution >= 0.6 is 11.8 Å². The molecule has 0 amide bonds. The molecule has 7 heteroatoms. The number of thioether (sulfide) groups is 1. The van der Waals surface area contributed by atoms with Gasteiger partial charge in [-0.25, -0.2) is 0 Å². The van der Waals surface area contributed by atoms with Crippen molar-refractivity contribution in [1.82, 2.24) is 14.8 Å². The van der Waals surface area contributed by atoms with Crippen LogP contribution < -0.4 is 5.32 Å². The predicted molar refractivity (Wildman–Crippen MR) is 103 cm³/mol. The summed E-state index contributed by atoms with van der Waals surface area (Å²) in [6, 6.07) is 15.9. The Morgan fingerprint density at radius 1 is 1.08 bits per heavy atom. The normalized spacial score (nSPS) is 10.7. The monoisotopic (exact) mass is 368 g/mol. The van der Waals surface area contributed by atoms with Gasteiger partial charge in [0.25, 0.3) is 0 Å². The molecule has 0 spiro atoms. The van der Waals surface area contributed by atoms with Crippen molar-refractivity contribution in [2.45, 2.75) is 25.5 Å². The Labute approximate surface area is 156 Å². The Morgan fingerprint density at radius 2 is 1.77 bits per heavy atom. The minimum absolute atomic E-state index is 0.0602. The van der Waals surface area contributed by atoms with E-state index in [2.05, 4.69) is 41.5 Å². The van der Waals surface area contributed by atoms with Gasteiger partial charge in [-0.1, -0.05) is 48.2 Å². The molecule has 2 N–H and O–H groups in total. The molecule has 0 fully saturated rings. The number of hydrogen-bond acceptors (Lipinski definition) is 5. The van der Waals surface area contributed by atoms with Gasteiger partial charge in [-0.3, -0.25) is 9.36 Å². The summed E-state index contributed by atoms with van der Waals surface area (Å²) >= 11 is 1.16. The van der Waals surface area contributed by atoms with Crippen LogP contribution in [-0.4, -0.2) is 31.6 Å².